The monoisotopic (exact) mass is 449 g/mol. The van der Waals surface area contributed by atoms with Gasteiger partial charge in [0.05, 0.1) is 17.7 Å². The van der Waals surface area contributed by atoms with Gasteiger partial charge < -0.3 is 20.3 Å². The van der Waals surface area contributed by atoms with Gasteiger partial charge in [0.25, 0.3) is 5.91 Å². The van der Waals surface area contributed by atoms with E-state index in [9.17, 15) is 4.79 Å². The second-order valence-corrected chi connectivity index (χ2v) is 9.06. The van der Waals surface area contributed by atoms with Crippen molar-refractivity contribution in [2.75, 3.05) is 45.2 Å². The molecule has 0 aliphatic carbocycles. The minimum absolute atomic E-state index is 0.125. The summed E-state index contributed by atoms with van der Waals surface area (Å²) in [6, 6.07) is 14.3. The van der Waals surface area contributed by atoms with Crippen LogP contribution in [0.25, 0.3) is 10.1 Å². The van der Waals surface area contributed by atoms with Crippen molar-refractivity contribution in [3.05, 3.63) is 58.5 Å². The molecule has 7 nitrogen and oxygen atoms in total. The van der Waals surface area contributed by atoms with Crippen LogP contribution in [0, 0.1) is 0 Å². The standard InChI is InChI=1S/C24H27N5O2S/c1-31-18-5-2-16(3-6-18)8-9-26-24-27-15-17-4-7-20-19(22(17)28-24)14-21(32-20)23(30)29-12-10-25-11-13-29/h2-7,14-15,24-26,28H,8-13H2,1H3. The summed E-state index contributed by atoms with van der Waals surface area (Å²) in [5.41, 5.74) is 3.33. The summed E-state index contributed by atoms with van der Waals surface area (Å²) in [5.74, 6) is 0.992. The number of methoxy groups -OCH3 is 1. The molecule has 1 unspecified atom stereocenters. The van der Waals surface area contributed by atoms with Crippen LogP contribution in [0.3, 0.4) is 0 Å². The molecule has 1 atom stereocenters. The molecule has 1 saturated heterocycles. The number of nitrogens with zero attached hydrogens (tertiary/aromatic N) is 2. The molecule has 2 aliphatic rings. The van der Waals surface area contributed by atoms with Gasteiger partial charge in [-0.25, -0.2) is 0 Å². The number of benzene rings is 2. The molecule has 32 heavy (non-hydrogen) atoms. The van der Waals surface area contributed by atoms with E-state index in [0.29, 0.717) is 0 Å². The van der Waals surface area contributed by atoms with Crippen molar-refractivity contribution in [3.63, 3.8) is 0 Å². The van der Waals surface area contributed by atoms with Crippen molar-refractivity contribution in [2.24, 2.45) is 4.99 Å². The van der Waals surface area contributed by atoms with Crippen molar-refractivity contribution in [1.82, 2.24) is 15.5 Å². The first kappa shape index (κ1) is 20.9. The minimum atomic E-state index is -0.196. The van der Waals surface area contributed by atoms with Gasteiger partial charge in [0.15, 0.2) is 6.29 Å². The van der Waals surface area contributed by atoms with Crippen LogP contribution in [0.5, 0.6) is 5.75 Å². The predicted octanol–water partition coefficient (Wildman–Crippen LogP) is 2.92. The second-order valence-electron chi connectivity index (χ2n) is 7.97. The van der Waals surface area contributed by atoms with Crippen LogP contribution < -0.4 is 20.7 Å². The molecule has 2 aromatic carbocycles. The van der Waals surface area contributed by atoms with E-state index >= 15 is 0 Å². The number of rotatable bonds is 6. The number of amides is 1. The maximum Gasteiger partial charge on any atom is 0.264 e. The van der Waals surface area contributed by atoms with Gasteiger partial charge in [0, 0.05) is 54.6 Å². The Kier molecular flexibility index (Phi) is 6.07. The molecule has 0 radical (unpaired) electrons. The van der Waals surface area contributed by atoms with Crippen LogP contribution in [0.2, 0.25) is 0 Å². The van der Waals surface area contributed by atoms with E-state index in [4.69, 9.17) is 4.74 Å². The largest absolute Gasteiger partial charge is 0.497 e. The first-order valence-corrected chi connectivity index (χ1v) is 11.8. The smallest absolute Gasteiger partial charge is 0.264 e. The van der Waals surface area contributed by atoms with Crippen LogP contribution >= 0.6 is 11.3 Å². The lowest BCUT2D eigenvalue weighted by Gasteiger charge is -2.26. The fourth-order valence-corrected chi connectivity index (χ4v) is 5.14. The first-order chi connectivity index (χ1) is 15.7. The number of thiophene rings is 1. The zero-order valence-electron chi connectivity index (χ0n) is 18.1. The maximum atomic E-state index is 13.0. The summed E-state index contributed by atoms with van der Waals surface area (Å²) in [6.45, 7) is 4.03. The molecule has 3 N–H and O–H groups in total. The van der Waals surface area contributed by atoms with Crippen molar-refractivity contribution in [1.29, 1.82) is 0 Å². The van der Waals surface area contributed by atoms with Gasteiger partial charge in [-0.05, 0) is 42.3 Å². The Labute approximate surface area is 191 Å². The van der Waals surface area contributed by atoms with Gasteiger partial charge in [0.1, 0.15) is 5.75 Å². The molecule has 2 aliphatic heterocycles. The number of piperazine rings is 1. The lowest BCUT2D eigenvalue weighted by Crippen LogP contribution is -2.46. The molecular weight excluding hydrogens is 422 g/mol. The van der Waals surface area contributed by atoms with Crippen molar-refractivity contribution in [2.45, 2.75) is 12.7 Å². The lowest BCUT2D eigenvalue weighted by molar-refractivity contribution is 0.0741. The van der Waals surface area contributed by atoms with Crippen molar-refractivity contribution >= 4 is 39.2 Å². The Balaban J connectivity index is 1.27. The highest BCUT2D eigenvalue weighted by molar-refractivity contribution is 7.20. The average Bonchev–Trinajstić information content (AvgIpc) is 3.29. The predicted molar refractivity (Wildman–Crippen MR) is 130 cm³/mol. The van der Waals surface area contributed by atoms with Crippen LogP contribution in [0.1, 0.15) is 20.8 Å². The summed E-state index contributed by atoms with van der Waals surface area (Å²) in [7, 11) is 1.68. The number of carbonyl (C=O) groups excluding carboxylic acids is 1. The third kappa shape index (κ3) is 4.34. The zero-order chi connectivity index (χ0) is 21.9. The normalized spacial score (nSPS) is 17.8. The minimum Gasteiger partial charge on any atom is -0.497 e. The summed E-state index contributed by atoms with van der Waals surface area (Å²) < 4.78 is 6.33. The number of ether oxygens (including phenoxy) is 1. The van der Waals surface area contributed by atoms with E-state index in [1.807, 2.05) is 29.3 Å². The van der Waals surface area contributed by atoms with Gasteiger partial charge in [-0.2, -0.15) is 0 Å². The van der Waals surface area contributed by atoms with Gasteiger partial charge in [-0.3, -0.25) is 15.1 Å². The van der Waals surface area contributed by atoms with Gasteiger partial charge in [-0.1, -0.05) is 12.1 Å². The molecule has 1 fully saturated rings. The Bertz CT molecular complexity index is 1140. The fraction of sp³-hybridized carbons (Fsp3) is 0.333. The van der Waals surface area contributed by atoms with Crippen molar-refractivity contribution < 1.29 is 9.53 Å². The Hall–Kier alpha value is -2.94. The lowest BCUT2D eigenvalue weighted by atomic mass is 10.1. The molecule has 0 saturated carbocycles. The van der Waals surface area contributed by atoms with E-state index in [1.54, 1.807) is 18.4 Å². The highest BCUT2D eigenvalue weighted by atomic mass is 32.1. The zero-order valence-corrected chi connectivity index (χ0v) is 18.9. The molecule has 3 aromatic rings. The molecule has 8 heteroatoms. The van der Waals surface area contributed by atoms with Gasteiger partial charge in [0.2, 0.25) is 0 Å². The van der Waals surface area contributed by atoms with Crippen LogP contribution in [-0.4, -0.2) is 63.1 Å². The number of carbonyl (C=O) groups is 1. The molecule has 3 heterocycles. The summed E-state index contributed by atoms with van der Waals surface area (Å²) >= 11 is 1.56. The Morgan fingerprint density at radius 1 is 1.22 bits per heavy atom. The third-order valence-electron chi connectivity index (χ3n) is 5.90. The first-order valence-electron chi connectivity index (χ1n) is 10.9. The van der Waals surface area contributed by atoms with E-state index < -0.39 is 0 Å². The third-order valence-corrected chi connectivity index (χ3v) is 6.99. The molecule has 0 spiro atoms. The average molecular weight is 450 g/mol. The number of hydrogen-bond acceptors (Lipinski definition) is 7. The Morgan fingerprint density at radius 3 is 2.81 bits per heavy atom. The topological polar surface area (TPSA) is 78.0 Å². The van der Waals surface area contributed by atoms with Crippen LogP contribution in [0.15, 0.2) is 47.5 Å². The Morgan fingerprint density at radius 2 is 2.03 bits per heavy atom. The molecular formula is C24H27N5O2S. The molecule has 166 valence electrons. The van der Waals surface area contributed by atoms with Crippen LogP contribution in [-0.2, 0) is 6.42 Å². The summed E-state index contributed by atoms with van der Waals surface area (Å²) in [5, 5.41) is 11.4. The molecule has 1 amide bonds. The van der Waals surface area contributed by atoms with E-state index in [1.165, 1.54) is 5.56 Å². The summed E-state index contributed by atoms with van der Waals surface area (Å²) in [6.07, 6.45) is 2.61. The van der Waals surface area contributed by atoms with E-state index in [2.05, 4.69) is 45.2 Å². The number of anilines is 1. The van der Waals surface area contributed by atoms with Gasteiger partial charge >= 0.3 is 0 Å². The quantitative estimate of drug-likeness (QED) is 0.539. The molecule has 1 aromatic heterocycles. The maximum absolute atomic E-state index is 13.0. The number of aliphatic imine (C=N–C) groups is 1. The molecule has 5 rings (SSSR count). The van der Waals surface area contributed by atoms with E-state index in [-0.39, 0.29) is 12.2 Å². The highest BCUT2D eigenvalue weighted by Gasteiger charge is 2.22. The fourth-order valence-electron chi connectivity index (χ4n) is 4.10. The number of fused-ring (bicyclic) bond motifs is 3. The SMILES string of the molecule is COc1ccc(CCNC2N=Cc3ccc4sc(C(=O)N5CCNCC5)cc4c3N2)cc1. The van der Waals surface area contributed by atoms with Gasteiger partial charge in [-0.15, -0.1) is 11.3 Å². The van der Waals surface area contributed by atoms with Crippen LogP contribution in [0.4, 0.5) is 5.69 Å². The second kappa shape index (κ2) is 9.28. The van der Waals surface area contributed by atoms with E-state index in [0.717, 1.165) is 71.1 Å². The highest BCUT2D eigenvalue weighted by Crippen LogP contribution is 2.35. The summed E-state index contributed by atoms with van der Waals surface area (Å²) in [4.78, 5) is 20.3. The number of hydrogen-bond donors (Lipinski definition) is 3. The molecule has 0 bridgehead atoms. The van der Waals surface area contributed by atoms with Crippen molar-refractivity contribution in [3.8, 4) is 5.75 Å². The number of nitrogens with one attached hydrogen (secondary N) is 3.